The predicted octanol–water partition coefficient (Wildman–Crippen LogP) is 2.44. The summed E-state index contributed by atoms with van der Waals surface area (Å²) in [5.74, 6) is 0.233. The van der Waals surface area contributed by atoms with Crippen molar-refractivity contribution in [1.29, 1.82) is 0 Å². The highest BCUT2D eigenvalue weighted by atomic mass is 32.2. The summed E-state index contributed by atoms with van der Waals surface area (Å²) in [6.45, 7) is 6.68. The Morgan fingerprint density at radius 1 is 1.17 bits per heavy atom. The molecule has 1 amide bonds. The zero-order valence-corrected chi connectivity index (χ0v) is 17.7. The highest BCUT2D eigenvalue weighted by molar-refractivity contribution is 7.89. The molecule has 0 aliphatic carbocycles. The summed E-state index contributed by atoms with van der Waals surface area (Å²) in [7, 11) is -2.47. The van der Waals surface area contributed by atoms with E-state index in [-0.39, 0.29) is 16.7 Å². The number of sulfonamides is 1. The number of hydrogen-bond donors (Lipinski definition) is 2. The minimum Gasteiger partial charge on any atom is -0.480 e. The lowest BCUT2D eigenvalue weighted by Crippen LogP contribution is -2.40. The van der Waals surface area contributed by atoms with Crippen molar-refractivity contribution >= 4 is 27.4 Å². The van der Waals surface area contributed by atoms with Gasteiger partial charge in [-0.1, -0.05) is 0 Å². The average molecular weight is 417 g/mol. The van der Waals surface area contributed by atoms with E-state index in [0.717, 1.165) is 5.56 Å². The Morgan fingerprint density at radius 2 is 1.90 bits per heavy atom. The molecule has 0 spiro atoms. The molecule has 2 N–H and O–H groups in total. The van der Waals surface area contributed by atoms with Gasteiger partial charge in [-0.2, -0.15) is 0 Å². The van der Waals surface area contributed by atoms with Crippen LogP contribution in [0.25, 0.3) is 16.8 Å². The second-order valence-electron chi connectivity index (χ2n) is 7.58. The van der Waals surface area contributed by atoms with Gasteiger partial charge in [0.15, 0.2) is 5.82 Å². The number of nitrogens with zero attached hydrogens (tertiary/aromatic N) is 3. The van der Waals surface area contributed by atoms with Crippen LogP contribution in [0.15, 0.2) is 41.7 Å². The van der Waals surface area contributed by atoms with Crippen LogP contribution in [0.3, 0.4) is 0 Å². The van der Waals surface area contributed by atoms with E-state index in [0.29, 0.717) is 17.0 Å². The maximum atomic E-state index is 12.8. The van der Waals surface area contributed by atoms with Gasteiger partial charge in [-0.15, -0.1) is 0 Å². The SMILES string of the molecule is COc1ncc(-c2ccc3nc(NC(C)=O)cn3c2)cc1S(=O)(=O)NC(C)(C)C. The molecule has 0 aromatic carbocycles. The summed E-state index contributed by atoms with van der Waals surface area (Å²) in [5, 5.41) is 2.63. The quantitative estimate of drug-likeness (QED) is 0.659. The molecular formula is C19H23N5O4S. The van der Waals surface area contributed by atoms with Gasteiger partial charge < -0.3 is 14.5 Å². The van der Waals surface area contributed by atoms with Gasteiger partial charge in [-0.05, 0) is 39.0 Å². The van der Waals surface area contributed by atoms with Crippen molar-refractivity contribution in [3.8, 4) is 17.0 Å². The molecule has 9 nitrogen and oxygen atoms in total. The Bertz CT molecular complexity index is 1180. The lowest BCUT2D eigenvalue weighted by atomic mass is 10.1. The highest BCUT2D eigenvalue weighted by Crippen LogP contribution is 2.29. The van der Waals surface area contributed by atoms with Crippen molar-refractivity contribution in [1.82, 2.24) is 19.1 Å². The van der Waals surface area contributed by atoms with E-state index in [1.807, 2.05) is 0 Å². The summed E-state index contributed by atoms with van der Waals surface area (Å²) >= 11 is 0. The number of ether oxygens (including phenoxy) is 1. The van der Waals surface area contributed by atoms with Crippen LogP contribution in [0.1, 0.15) is 27.7 Å². The van der Waals surface area contributed by atoms with Crippen LogP contribution in [-0.2, 0) is 14.8 Å². The number of fused-ring (bicyclic) bond motifs is 1. The maximum absolute atomic E-state index is 12.8. The van der Waals surface area contributed by atoms with Gasteiger partial charge in [0.05, 0.1) is 13.3 Å². The number of anilines is 1. The van der Waals surface area contributed by atoms with E-state index in [4.69, 9.17) is 4.74 Å². The molecular weight excluding hydrogens is 394 g/mol. The molecule has 0 atom stereocenters. The van der Waals surface area contributed by atoms with E-state index in [1.54, 1.807) is 55.9 Å². The van der Waals surface area contributed by atoms with E-state index in [2.05, 4.69) is 20.0 Å². The molecule has 3 aromatic heterocycles. The average Bonchev–Trinajstić information content (AvgIpc) is 2.99. The number of hydrogen-bond acceptors (Lipinski definition) is 6. The third kappa shape index (κ3) is 4.72. The number of imidazole rings is 1. The number of rotatable bonds is 5. The van der Waals surface area contributed by atoms with Crippen LogP contribution in [0.5, 0.6) is 5.88 Å². The molecule has 3 rings (SSSR count). The van der Waals surface area contributed by atoms with Crippen molar-refractivity contribution in [2.24, 2.45) is 0 Å². The molecule has 0 aliphatic heterocycles. The summed E-state index contributed by atoms with van der Waals surface area (Å²) < 4.78 is 35.2. The monoisotopic (exact) mass is 417 g/mol. The number of carbonyl (C=O) groups excluding carboxylic acids is 1. The fourth-order valence-electron chi connectivity index (χ4n) is 2.80. The largest absolute Gasteiger partial charge is 0.480 e. The number of pyridine rings is 2. The van der Waals surface area contributed by atoms with Crippen molar-refractivity contribution in [2.75, 3.05) is 12.4 Å². The molecule has 0 saturated carbocycles. The molecule has 3 aromatic rings. The van der Waals surface area contributed by atoms with E-state index < -0.39 is 15.6 Å². The Morgan fingerprint density at radius 3 is 2.52 bits per heavy atom. The second-order valence-corrected chi connectivity index (χ2v) is 9.23. The Labute approximate surface area is 169 Å². The van der Waals surface area contributed by atoms with Crippen molar-refractivity contribution in [2.45, 2.75) is 38.1 Å². The lowest BCUT2D eigenvalue weighted by molar-refractivity contribution is -0.114. The first kappa shape index (κ1) is 20.7. The molecule has 3 heterocycles. The minimum atomic E-state index is -3.85. The molecule has 29 heavy (non-hydrogen) atoms. The van der Waals surface area contributed by atoms with Crippen LogP contribution in [0, 0.1) is 0 Å². The molecule has 0 bridgehead atoms. The van der Waals surface area contributed by atoms with Gasteiger partial charge in [0, 0.05) is 36.0 Å². The molecule has 0 fully saturated rings. The predicted molar refractivity (Wildman–Crippen MR) is 109 cm³/mol. The summed E-state index contributed by atoms with van der Waals surface area (Å²) in [4.78, 5) is 19.7. The zero-order valence-electron chi connectivity index (χ0n) is 16.8. The van der Waals surface area contributed by atoms with E-state index in [1.165, 1.54) is 20.1 Å². The standard InChI is InChI=1S/C19H23N5O4S/c1-12(25)21-16-11-24-10-13(6-7-17(24)22-16)14-8-15(18(28-5)20-9-14)29(26,27)23-19(2,3)4/h6-11,23H,1-5H3,(H,21,25). The molecule has 10 heteroatoms. The molecule has 0 radical (unpaired) electrons. The summed E-state index contributed by atoms with van der Waals surface area (Å²) in [5.41, 5.74) is 1.31. The molecule has 154 valence electrons. The third-order valence-corrected chi connectivity index (χ3v) is 5.58. The normalized spacial score (nSPS) is 12.2. The number of amides is 1. The van der Waals surface area contributed by atoms with Gasteiger partial charge in [-0.3, -0.25) is 4.79 Å². The first-order valence-corrected chi connectivity index (χ1v) is 10.3. The molecule has 0 saturated heterocycles. The van der Waals surface area contributed by atoms with Crippen molar-refractivity contribution in [3.63, 3.8) is 0 Å². The van der Waals surface area contributed by atoms with Crippen LogP contribution in [-0.4, -0.2) is 41.3 Å². The van der Waals surface area contributed by atoms with Gasteiger partial charge in [0.1, 0.15) is 10.5 Å². The second kappa shape index (κ2) is 7.45. The zero-order chi connectivity index (χ0) is 21.4. The number of carbonyl (C=O) groups is 1. The number of aromatic nitrogens is 3. The van der Waals surface area contributed by atoms with Gasteiger partial charge in [0.25, 0.3) is 0 Å². The van der Waals surface area contributed by atoms with Crippen molar-refractivity contribution < 1.29 is 17.9 Å². The number of methoxy groups -OCH3 is 1. The Balaban J connectivity index is 2.06. The Kier molecular flexibility index (Phi) is 5.33. The first-order valence-electron chi connectivity index (χ1n) is 8.83. The van der Waals surface area contributed by atoms with Gasteiger partial charge in [-0.25, -0.2) is 23.1 Å². The third-order valence-electron chi connectivity index (χ3n) is 3.83. The first-order chi connectivity index (χ1) is 13.5. The van der Waals surface area contributed by atoms with Crippen LogP contribution in [0.2, 0.25) is 0 Å². The summed E-state index contributed by atoms with van der Waals surface area (Å²) in [6, 6.07) is 5.09. The fraction of sp³-hybridized carbons (Fsp3) is 0.316. The van der Waals surface area contributed by atoms with Crippen LogP contribution in [0.4, 0.5) is 5.82 Å². The van der Waals surface area contributed by atoms with E-state index >= 15 is 0 Å². The van der Waals surface area contributed by atoms with Crippen LogP contribution >= 0.6 is 0 Å². The molecule has 0 unspecified atom stereocenters. The number of nitrogens with one attached hydrogen (secondary N) is 2. The molecule has 0 aliphatic rings. The summed E-state index contributed by atoms with van der Waals surface area (Å²) in [6.07, 6.45) is 5.00. The van der Waals surface area contributed by atoms with Gasteiger partial charge in [0.2, 0.25) is 21.8 Å². The van der Waals surface area contributed by atoms with Crippen molar-refractivity contribution in [3.05, 3.63) is 36.8 Å². The Hall–Kier alpha value is -2.98. The maximum Gasteiger partial charge on any atom is 0.246 e. The van der Waals surface area contributed by atoms with Crippen LogP contribution < -0.4 is 14.8 Å². The minimum absolute atomic E-state index is 0.0159. The smallest absolute Gasteiger partial charge is 0.246 e. The van der Waals surface area contributed by atoms with Gasteiger partial charge >= 0.3 is 0 Å². The fourth-order valence-corrected chi connectivity index (χ4v) is 4.36. The lowest BCUT2D eigenvalue weighted by Gasteiger charge is -2.21. The topological polar surface area (TPSA) is 115 Å². The highest BCUT2D eigenvalue weighted by Gasteiger charge is 2.26. The van der Waals surface area contributed by atoms with E-state index in [9.17, 15) is 13.2 Å².